The highest BCUT2D eigenvalue weighted by Gasteiger charge is 2.36. The average Bonchev–Trinajstić information content (AvgIpc) is 3.27. The molecule has 1 saturated carbocycles. The van der Waals surface area contributed by atoms with E-state index in [0.717, 1.165) is 30.9 Å². The molecule has 2 bridgehead atoms. The molecule has 3 nitrogen and oxygen atoms in total. The fourth-order valence-electron chi connectivity index (χ4n) is 6.90. The Morgan fingerprint density at radius 3 is 2.55 bits per heavy atom. The number of fused-ring (bicyclic) bond motifs is 3. The van der Waals surface area contributed by atoms with Crippen LogP contribution in [0, 0.1) is 17.8 Å². The summed E-state index contributed by atoms with van der Waals surface area (Å²) in [5, 5.41) is 5.11. The molecule has 4 atom stereocenters. The normalized spacial score (nSPS) is 27.8. The molecule has 3 heteroatoms. The van der Waals surface area contributed by atoms with Crippen molar-refractivity contribution in [2.45, 2.75) is 44.9 Å². The molecule has 8 rings (SSSR count). The lowest BCUT2D eigenvalue weighted by Gasteiger charge is -2.38. The predicted octanol–water partition coefficient (Wildman–Crippen LogP) is 6.62. The number of hydrogen-bond donors (Lipinski definition) is 0. The van der Waals surface area contributed by atoms with Gasteiger partial charge < -0.3 is 0 Å². The first kappa shape index (κ1) is 23.3. The number of rotatable bonds is 3. The zero-order chi connectivity index (χ0) is 25.7. The first-order chi connectivity index (χ1) is 18.6. The highest BCUT2D eigenvalue weighted by Crippen LogP contribution is 2.46. The summed E-state index contributed by atoms with van der Waals surface area (Å²) >= 11 is 0. The van der Waals surface area contributed by atoms with Gasteiger partial charge in [-0.15, -0.1) is 0 Å². The van der Waals surface area contributed by atoms with Gasteiger partial charge in [-0.2, -0.15) is 0 Å². The quantitative estimate of drug-likeness (QED) is 0.321. The van der Waals surface area contributed by atoms with Crippen LogP contribution in [0.5, 0.6) is 0 Å². The predicted molar refractivity (Wildman–Crippen MR) is 156 cm³/mol. The van der Waals surface area contributed by atoms with Crippen LogP contribution in [0.15, 0.2) is 85.6 Å². The van der Waals surface area contributed by atoms with Crippen LogP contribution in [0.25, 0.3) is 39.6 Å². The van der Waals surface area contributed by atoms with E-state index in [-0.39, 0.29) is 5.41 Å². The van der Waals surface area contributed by atoms with Gasteiger partial charge in [0.05, 0.1) is 5.69 Å². The molecule has 4 aromatic rings. The van der Waals surface area contributed by atoms with Gasteiger partial charge in [0.2, 0.25) is 0 Å². The highest BCUT2D eigenvalue weighted by atomic mass is 14.7. The summed E-state index contributed by atoms with van der Waals surface area (Å²) in [5.41, 5.74) is 6.09. The summed E-state index contributed by atoms with van der Waals surface area (Å²) in [4.78, 5) is 13.8. The first-order valence-electron chi connectivity index (χ1n) is 14.0. The van der Waals surface area contributed by atoms with E-state index in [0.29, 0.717) is 11.8 Å². The second-order valence-electron chi connectivity index (χ2n) is 11.5. The van der Waals surface area contributed by atoms with E-state index in [1.54, 1.807) is 0 Å². The molecule has 3 heterocycles. The fraction of sp³-hybridized carbons (Fsp3) is 0.286. The third-order valence-electron chi connectivity index (χ3n) is 9.22. The lowest BCUT2D eigenvalue weighted by molar-refractivity contribution is 0.174. The maximum Gasteiger partial charge on any atom is 0.0500 e. The molecule has 38 heavy (non-hydrogen) atoms. The molecule has 0 saturated heterocycles. The van der Waals surface area contributed by atoms with Crippen LogP contribution in [0.1, 0.15) is 50.8 Å². The van der Waals surface area contributed by atoms with Crippen LogP contribution in [-0.4, -0.2) is 15.0 Å². The van der Waals surface area contributed by atoms with E-state index in [9.17, 15) is 0 Å². The van der Waals surface area contributed by atoms with Crippen LogP contribution >= 0.6 is 0 Å². The molecule has 0 amide bonds. The van der Waals surface area contributed by atoms with E-state index in [4.69, 9.17) is 4.98 Å². The Bertz CT molecular complexity index is 1700. The number of nitrogens with zero attached hydrogens (tertiary/aromatic N) is 3. The topological polar surface area (TPSA) is 38.7 Å². The van der Waals surface area contributed by atoms with Crippen LogP contribution in [0.4, 0.5) is 0 Å². The number of pyridine rings is 3. The molecule has 0 radical (unpaired) electrons. The van der Waals surface area contributed by atoms with E-state index < -0.39 is 0 Å². The van der Waals surface area contributed by atoms with Crippen LogP contribution < -0.4 is 10.4 Å². The van der Waals surface area contributed by atoms with Crippen LogP contribution in [0.2, 0.25) is 0 Å². The molecule has 4 aliphatic rings. The highest BCUT2D eigenvalue weighted by molar-refractivity contribution is 6.04. The maximum absolute atomic E-state index is 4.85. The minimum absolute atomic E-state index is 0.178. The van der Waals surface area contributed by atoms with Crippen molar-refractivity contribution in [3.05, 3.63) is 107 Å². The molecular formula is C35H33N3. The maximum atomic E-state index is 4.85. The van der Waals surface area contributed by atoms with Crippen molar-refractivity contribution in [1.82, 2.24) is 15.0 Å². The average molecular weight is 496 g/mol. The minimum atomic E-state index is -0.178. The van der Waals surface area contributed by atoms with Crippen LogP contribution in [0.3, 0.4) is 0 Å². The molecule has 0 spiro atoms. The Hall–Kier alpha value is -3.85. The van der Waals surface area contributed by atoms with Gasteiger partial charge in [0.1, 0.15) is 0 Å². The smallest absolute Gasteiger partial charge is 0.0500 e. The first-order valence-corrected chi connectivity index (χ1v) is 14.0. The summed E-state index contributed by atoms with van der Waals surface area (Å²) in [6.07, 6.45) is 26.6. The summed E-state index contributed by atoms with van der Waals surface area (Å²) in [6.45, 7) is 4.76. The molecule has 0 N–H and O–H groups in total. The van der Waals surface area contributed by atoms with E-state index >= 15 is 0 Å². The van der Waals surface area contributed by atoms with Gasteiger partial charge in [-0.1, -0.05) is 50.3 Å². The number of hydrogen-bond acceptors (Lipinski definition) is 3. The monoisotopic (exact) mass is 495 g/mol. The van der Waals surface area contributed by atoms with E-state index in [1.807, 2.05) is 30.9 Å². The Balaban J connectivity index is 1.64. The second-order valence-corrected chi connectivity index (χ2v) is 11.5. The van der Waals surface area contributed by atoms with Gasteiger partial charge in [0, 0.05) is 41.8 Å². The fourth-order valence-corrected chi connectivity index (χ4v) is 6.90. The third kappa shape index (κ3) is 3.75. The lowest BCUT2D eigenvalue weighted by Crippen LogP contribution is -2.36. The summed E-state index contributed by atoms with van der Waals surface area (Å²) in [7, 11) is 0. The second kappa shape index (κ2) is 9.16. The Morgan fingerprint density at radius 2 is 1.74 bits per heavy atom. The lowest BCUT2D eigenvalue weighted by atomic mass is 9.66. The Labute approximate surface area is 224 Å². The third-order valence-corrected chi connectivity index (χ3v) is 9.22. The largest absolute Gasteiger partial charge is 0.265 e. The van der Waals surface area contributed by atoms with Crippen molar-refractivity contribution in [3.63, 3.8) is 0 Å². The summed E-state index contributed by atoms with van der Waals surface area (Å²) in [5.74, 6) is 2.06. The minimum Gasteiger partial charge on any atom is -0.265 e. The van der Waals surface area contributed by atoms with Crippen molar-refractivity contribution < 1.29 is 0 Å². The van der Waals surface area contributed by atoms with Gasteiger partial charge in [0.25, 0.3) is 0 Å². The molecule has 4 unspecified atom stereocenters. The number of aromatic nitrogens is 3. The van der Waals surface area contributed by atoms with Gasteiger partial charge in [-0.05, 0) is 112 Å². The summed E-state index contributed by atoms with van der Waals surface area (Å²) in [6, 6.07) is 12.8. The number of allylic oxidation sites excluding steroid dienone is 4. The SMILES string of the molecule is CC1C2C=CC(c3c4/c(c(-c5ccncc5)c5cnccc35)=C\C(C)(c3ccccn3)CCC\C=4)=CC1C2. The van der Waals surface area contributed by atoms with Gasteiger partial charge in [-0.3, -0.25) is 15.0 Å². The van der Waals surface area contributed by atoms with E-state index in [2.05, 4.69) is 90.7 Å². The van der Waals surface area contributed by atoms with Gasteiger partial charge in [-0.25, -0.2) is 0 Å². The molecule has 1 fully saturated rings. The molecule has 3 aromatic heterocycles. The molecule has 188 valence electrons. The van der Waals surface area contributed by atoms with E-state index in [1.165, 1.54) is 49.9 Å². The zero-order valence-corrected chi connectivity index (χ0v) is 22.1. The van der Waals surface area contributed by atoms with Crippen molar-refractivity contribution >= 4 is 28.5 Å². The van der Waals surface area contributed by atoms with Crippen LogP contribution in [-0.2, 0) is 5.41 Å². The number of benzene rings is 1. The molecular weight excluding hydrogens is 462 g/mol. The molecule has 4 aliphatic carbocycles. The zero-order valence-electron chi connectivity index (χ0n) is 22.1. The van der Waals surface area contributed by atoms with Crippen molar-refractivity contribution in [2.24, 2.45) is 17.8 Å². The van der Waals surface area contributed by atoms with Crippen molar-refractivity contribution in [1.29, 1.82) is 0 Å². The summed E-state index contributed by atoms with van der Waals surface area (Å²) < 4.78 is 0. The standard InChI is InChI=1S/C35H33N3/c1-23-25-9-10-26(20-27(23)19-25)34-28-7-3-5-14-35(2,32-8-4-6-15-38-32)21-30(28)33(24-11-16-36-17-12-24)31-22-37-18-13-29(31)34/h4,6-13,15-18,20-23,25,27H,3,5,14,19H2,1-2H3/b28-7+,30-21+. The Morgan fingerprint density at radius 1 is 0.868 bits per heavy atom. The molecule has 0 aliphatic heterocycles. The Kier molecular flexibility index (Phi) is 5.61. The van der Waals surface area contributed by atoms with Gasteiger partial charge >= 0.3 is 0 Å². The van der Waals surface area contributed by atoms with Crippen molar-refractivity contribution in [3.8, 4) is 11.1 Å². The van der Waals surface area contributed by atoms with Gasteiger partial charge in [0.15, 0.2) is 0 Å². The van der Waals surface area contributed by atoms with Crippen molar-refractivity contribution in [2.75, 3.05) is 0 Å². The molecule has 1 aromatic carbocycles.